The van der Waals surface area contributed by atoms with Crippen molar-refractivity contribution in [2.75, 3.05) is 13.1 Å². The van der Waals surface area contributed by atoms with Gasteiger partial charge >= 0.3 is 0 Å². The highest BCUT2D eigenvalue weighted by molar-refractivity contribution is 5.21. The molecule has 14 heavy (non-hydrogen) atoms. The van der Waals surface area contributed by atoms with E-state index in [0.29, 0.717) is 0 Å². The standard InChI is InChI=1S/C13H21N/c1-3-9-13(10-4-2)14-11-7-5-6-8-12-14/h3-4,9-10H,1,5-8,11-12H2,2H3/b10-4-,13-9+. The van der Waals surface area contributed by atoms with Gasteiger partial charge < -0.3 is 4.90 Å². The van der Waals surface area contributed by atoms with Gasteiger partial charge in [-0.2, -0.15) is 0 Å². The van der Waals surface area contributed by atoms with Gasteiger partial charge in [0, 0.05) is 18.8 Å². The highest BCUT2D eigenvalue weighted by atomic mass is 15.1. The van der Waals surface area contributed by atoms with E-state index in [1.807, 2.05) is 6.08 Å². The van der Waals surface area contributed by atoms with Gasteiger partial charge in [-0.25, -0.2) is 0 Å². The molecule has 1 heterocycles. The Kier molecular flexibility index (Phi) is 5.13. The summed E-state index contributed by atoms with van der Waals surface area (Å²) in [5, 5.41) is 0. The van der Waals surface area contributed by atoms with Crippen molar-refractivity contribution in [3.8, 4) is 0 Å². The van der Waals surface area contributed by atoms with Crippen LogP contribution in [0.3, 0.4) is 0 Å². The predicted octanol–water partition coefficient (Wildman–Crippen LogP) is 3.51. The minimum absolute atomic E-state index is 1.20. The lowest BCUT2D eigenvalue weighted by Gasteiger charge is -2.23. The van der Waals surface area contributed by atoms with Crippen molar-refractivity contribution in [2.45, 2.75) is 32.6 Å². The molecule has 0 aromatic carbocycles. The number of hydrogen-bond donors (Lipinski definition) is 0. The van der Waals surface area contributed by atoms with E-state index in [4.69, 9.17) is 0 Å². The number of rotatable bonds is 3. The van der Waals surface area contributed by atoms with Crippen molar-refractivity contribution in [1.82, 2.24) is 4.90 Å². The monoisotopic (exact) mass is 191 g/mol. The Hall–Kier alpha value is -0.980. The second kappa shape index (κ2) is 6.47. The molecule has 1 fully saturated rings. The van der Waals surface area contributed by atoms with Crippen LogP contribution in [0.4, 0.5) is 0 Å². The Labute approximate surface area is 87.8 Å². The third-order valence-corrected chi connectivity index (χ3v) is 2.60. The average molecular weight is 191 g/mol. The van der Waals surface area contributed by atoms with Crippen molar-refractivity contribution >= 4 is 0 Å². The Balaban J connectivity index is 2.65. The minimum Gasteiger partial charge on any atom is -0.372 e. The van der Waals surface area contributed by atoms with Gasteiger partial charge in [0.15, 0.2) is 0 Å². The molecule has 0 aromatic rings. The molecule has 1 aliphatic heterocycles. The predicted molar refractivity (Wildman–Crippen MR) is 63.1 cm³/mol. The van der Waals surface area contributed by atoms with Crippen LogP contribution in [0.1, 0.15) is 32.6 Å². The van der Waals surface area contributed by atoms with Crippen LogP contribution in [-0.2, 0) is 0 Å². The maximum Gasteiger partial charge on any atom is 0.0362 e. The first kappa shape index (κ1) is 11.1. The van der Waals surface area contributed by atoms with Crippen molar-refractivity contribution in [3.63, 3.8) is 0 Å². The topological polar surface area (TPSA) is 3.24 Å². The zero-order chi connectivity index (χ0) is 10.2. The summed E-state index contributed by atoms with van der Waals surface area (Å²) in [5.41, 5.74) is 1.31. The zero-order valence-electron chi connectivity index (χ0n) is 9.21. The van der Waals surface area contributed by atoms with Crippen LogP contribution in [0.25, 0.3) is 0 Å². The Bertz CT molecular complexity index is 217. The molecule has 0 unspecified atom stereocenters. The lowest BCUT2D eigenvalue weighted by molar-refractivity contribution is 0.369. The maximum absolute atomic E-state index is 3.76. The molecule has 0 N–H and O–H groups in total. The molecule has 1 aliphatic rings. The summed E-state index contributed by atoms with van der Waals surface area (Å²) in [6, 6.07) is 0. The van der Waals surface area contributed by atoms with Gasteiger partial charge in [-0.05, 0) is 31.9 Å². The summed E-state index contributed by atoms with van der Waals surface area (Å²) in [7, 11) is 0. The fourth-order valence-electron chi connectivity index (χ4n) is 1.89. The van der Waals surface area contributed by atoms with Gasteiger partial charge in [-0.3, -0.25) is 0 Å². The molecule has 0 amide bonds. The summed E-state index contributed by atoms with van der Waals surface area (Å²) in [6.07, 6.45) is 13.7. The number of hydrogen-bond acceptors (Lipinski definition) is 1. The smallest absolute Gasteiger partial charge is 0.0362 e. The Morgan fingerprint density at radius 1 is 1.14 bits per heavy atom. The van der Waals surface area contributed by atoms with E-state index in [1.54, 1.807) is 0 Å². The van der Waals surface area contributed by atoms with Gasteiger partial charge in [0.25, 0.3) is 0 Å². The lowest BCUT2D eigenvalue weighted by Crippen LogP contribution is -2.22. The van der Waals surface area contributed by atoms with Crippen LogP contribution in [0.5, 0.6) is 0 Å². The molecule has 0 spiro atoms. The van der Waals surface area contributed by atoms with E-state index in [-0.39, 0.29) is 0 Å². The van der Waals surface area contributed by atoms with Crippen molar-refractivity contribution in [3.05, 3.63) is 36.6 Å². The number of nitrogens with zero attached hydrogens (tertiary/aromatic N) is 1. The first-order valence-corrected chi connectivity index (χ1v) is 5.59. The molecule has 78 valence electrons. The highest BCUT2D eigenvalue weighted by Gasteiger charge is 2.09. The fourth-order valence-corrected chi connectivity index (χ4v) is 1.89. The molecule has 1 saturated heterocycles. The maximum atomic E-state index is 3.76. The molecule has 1 nitrogen and oxygen atoms in total. The largest absolute Gasteiger partial charge is 0.372 e. The Morgan fingerprint density at radius 3 is 2.29 bits per heavy atom. The highest BCUT2D eigenvalue weighted by Crippen LogP contribution is 2.15. The summed E-state index contributed by atoms with van der Waals surface area (Å²) in [6.45, 7) is 8.23. The second-order valence-electron chi connectivity index (χ2n) is 3.73. The first-order chi connectivity index (χ1) is 6.88. The van der Waals surface area contributed by atoms with E-state index in [2.05, 4.69) is 36.6 Å². The quantitative estimate of drug-likeness (QED) is 0.617. The van der Waals surface area contributed by atoms with E-state index in [0.717, 1.165) is 0 Å². The molecule has 0 bridgehead atoms. The van der Waals surface area contributed by atoms with Gasteiger partial charge in [-0.15, -0.1) is 0 Å². The first-order valence-electron chi connectivity index (χ1n) is 5.59. The van der Waals surface area contributed by atoms with Crippen molar-refractivity contribution < 1.29 is 0 Å². The zero-order valence-corrected chi connectivity index (χ0v) is 9.21. The molecule has 0 aliphatic carbocycles. The normalized spacial score (nSPS) is 19.8. The van der Waals surface area contributed by atoms with Gasteiger partial charge in [0.2, 0.25) is 0 Å². The van der Waals surface area contributed by atoms with Crippen molar-refractivity contribution in [2.24, 2.45) is 0 Å². The SMILES string of the molecule is C=C/C=C(\C=C/C)N1CCCCCC1. The van der Waals surface area contributed by atoms with Gasteiger partial charge in [0.1, 0.15) is 0 Å². The van der Waals surface area contributed by atoms with Gasteiger partial charge in [-0.1, -0.05) is 31.6 Å². The average Bonchev–Trinajstić information content (AvgIpc) is 2.45. The molecule has 0 atom stereocenters. The van der Waals surface area contributed by atoms with E-state index >= 15 is 0 Å². The van der Waals surface area contributed by atoms with E-state index in [1.165, 1.54) is 44.5 Å². The van der Waals surface area contributed by atoms with Crippen LogP contribution >= 0.6 is 0 Å². The minimum atomic E-state index is 1.20. The molecule has 1 heteroatoms. The molecule has 1 rings (SSSR count). The summed E-state index contributed by atoms with van der Waals surface area (Å²) in [5.74, 6) is 0. The van der Waals surface area contributed by atoms with Crippen LogP contribution in [0, 0.1) is 0 Å². The third-order valence-electron chi connectivity index (χ3n) is 2.60. The summed E-state index contributed by atoms with van der Waals surface area (Å²) in [4.78, 5) is 2.47. The molecular weight excluding hydrogens is 170 g/mol. The molecule has 0 radical (unpaired) electrons. The molecule has 0 saturated carbocycles. The van der Waals surface area contributed by atoms with Crippen LogP contribution in [0.15, 0.2) is 36.6 Å². The van der Waals surface area contributed by atoms with Crippen molar-refractivity contribution in [1.29, 1.82) is 0 Å². The second-order valence-corrected chi connectivity index (χ2v) is 3.73. The summed E-state index contributed by atoms with van der Waals surface area (Å²) < 4.78 is 0. The van der Waals surface area contributed by atoms with Gasteiger partial charge in [0.05, 0.1) is 0 Å². The van der Waals surface area contributed by atoms with Crippen LogP contribution in [0.2, 0.25) is 0 Å². The summed E-state index contributed by atoms with van der Waals surface area (Å²) >= 11 is 0. The van der Waals surface area contributed by atoms with Crippen LogP contribution < -0.4 is 0 Å². The van der Waals surface area contributed by atoms with E-state index in [9.17, 15) is 0 Å². The molecule has 0 aromatic heterocycles. The number of allylic oxidation sites excluding steroid dienone is 4. The Morgan fingerprint density at radius 2 is 1.79 bits per heavy atom. The fraction of sp³-hybridized carbons (Fsp3) is 0.538. The van der Waals surface area contributed by atoms with E-state index < -0.39 is 0 Å². The lowest BCUT2D eigenvalue weighted by atomic mass is 10.2. The van der Waals surface area contributed by atoms with Crippen LogP contribution in [-0.4, -0.2) is 18.0 Å². The number of likely N-dealkylation sites (tertiary alicyclic amines) is 1. The molecular formula is C13H21N. The third kappa shape index (κ3) is 3.41.